The number of aromatic nitrogens is 1. The second kappa shape index (κ2) is 11.2. The van der Waals surface area contributed by atoms with Crippen molar-refractivity contribution < 1.29 is 19.1 Å². The number of hydrogen-bond donors (Lipinski definition) is 2. The molecule has 0 spiro atoms. The molecule has 3 aromatic rings. The number of methoxy groups -OCH3 is 1. The van der Waals surface area contributed by atoms with Gasteiger partial charge in [0, 0.05) is 36.2 Å². The van der Waals surface area contributed by atoms with Crippen LogP contribution in [0, 0.1) is 6.92 Å². The predicted octanol–water partition coefficient (Wildman–Crippen LogP) is 4.69. The molecule has 1 heterocycles. The first-order valence-corrected chi connectivity index (χ1v) is 12.1. The highest BCUT2D eigenvalue weighted by Crippen LogP contribution is 2.40. The summed E-state index contributed by atoms with van der Waals surface area (Å²) in [6, 6.07) is 14.5. The van der Waals surface area contributed by atoms with E-state index in [-0.39, 0.29) is 17.7 Å². The Labute approximate surface area is 206 Å². The van der Waals surface area contributed by atoms with Crippen LogP contribution in [0.1, 0.15) is 67.6 Å². The summed E-state index contributed by atoms with van der Waals surface area (Å²) in [6.07, 6.45) is 4.16. The molecule has 2 amide bonds. The maximum Gasteiger partial charge on any atom is 0.262 e. The van der Waals surface area contributed by atoms with Gasteiger partial charge in [-0.2, -0.15) is 0 Å². The van der Waals surface area contributed by atoms with Crippen molar-refractivity contribution in [2.45, 2.75) is 58.4 Å². The molecule has 2 N–H and O–H groups in total. The number of rotatable bonds is 10. The number of carbonyl (C=O) groups excluding carboxylic acids is 3. The zero-order valence-electron chi connectivity index (χ0n) is 21.2. The molecule has 186 valence electrons. The molecule has 0 saturated heterocycles. The monoisotopic (exact) mass is 477 g/mol. The Morgan fingerprint density at radius 1 is 1.03 bits per heavy atom. The number of nitrogens with one attached hydrogen (secondary N) is 2. The Morgan fingerprint density at radius 3 is 2.34 bits per heavy atom. The Bertz CT molecular complexity index is 1220. The quantitative estimate of drug-likeness (QED) is 0.415. The fraction of sp³-hybridized carbons (Fsp3) is 0.393. The van der Waals surface area contributed by atoms with Crippen LogP contribution < -0.4 is 15.4 Å². The third-order valence-electron chi connectivity index (χ3n) is 6.47. The minimum absolute atomic E-state index is 0.205. The van der Waals surface area contributed by atoms with E-state index in [0.717, 1.165) is 25.7 Å². The summed E-state index contributed by atoms with van der Waals surface area (Å²) in [5.41, 5.74) is 1.06. The van der Waals surface area contributed by atoms with E-state index < -0.39 is 5.54 Å². The molecule has 0 fully saturated rings. The average Bonchev–Trinajstić information content (AvgIpc) is 3.16. The zero-order valence-corrected chi connectivity index (χ0v) is 21.2. The number of ether oxygens (including phenoxy) is 1. The Hall–Kier alpha value is -3.61. The molecule has 7 nitrogen and oxygen atoms in total. The number of benzene rings is 2. The van der Waals surface area contributed by atoms with Gasteiger partial charge in [-0.15, -0.1) is 0 Å². The van der Waals surface area contributed by atoms with Gasteiger partial charge in [-0.3, -0.25) is 19.0 Å². The van der Waals surface area contributed by atoms with Crippen molar-refractivity contribution in [2.75, 3.05) is 14.2 Å². The highest BCUT2D eigenvalue weighted by molar-refractivity contribution is 6.06. The van der Waals surface area contributed by atoms with E-state index in [1.807, 2.05) is 37.3 Å². The van der Waals surface area contributed by atoms with E-state index in [1.54, 1.807) is 36.9 Å². The van der Waals surface area contributed by atoms with Crippen LogP contribution in [0.15, 0.2) is 48.5 Å². The molecule has 2 aromatic carbocycles. The molecule has 1 aromatic heterocycles. The van der Waals surface area contributed by atoms with Crippen LogP contribution in [0.2, 0.25) is 0 Å². The van der Waals surface area contributed by atoms with Gasteiger partial charge in [-0.1, -0.05) is 50.8 Å². The second-order valence-corrected chi connectivity index (χ2v) is 8.83. The zero-order chi connectivity index (χ0) is 25.6. The van der Waals surface area contributed by atoms with Gasteiger partial charge >= 0.3 is 0 Å². The van der Waals surface area contributed by atoms with Crippen LogP contribution >= 0.6 is 0 Å². The fourth-order valence-electron chi connectivity index (χ4n) is 4.90. The molecule has 1 atom stereocenters. The van der Waals surface area contributed by atoms with E-state index in [0.29, 0.717) is 39.9 Å². The van der Waals surface area contributed by atoms with Gasteiger partial charge in [0.2, 0.25) is 11.8 Å². The van der Waals surface area contributed by atoms with Crippen molar-refractivity contribution in [2.24, 2.45) is 0 Å². The normalized spacial score (nSPS) is 12.7. The minimum Gasteiger partial charge on any atom is -0.497 e. The molecule has 35 heavy (non-hydrogen) atoms. The lowest BCUT2D eigenvalue weighted by atomic mass is 9.81. The molecule has 0 saturated carbocycles. The first kappa shape index (κ1) is 26.0. The van der Waals surface area contributed by atoms with Gasteiger partial charge in [0.05, 0.1) is 12.6 Å². The molecule has 7 heteroatoms. The Balaban J connectivity index is 2.35. The van der Waals surface area contributed by atoms with Crippen molar-refractivity contribution in [3.8, 4) is 5.75 Å². The highest BCUT2D eigenvalue weighted by atomic mass is 16.5. The van der Waals surface area contributed by atoms with Crippen molar-refractivity contribution in [1.29, 1.82) is 0 Å². The highest BCUT2D eigenvalue weighted by Gasteiger charge is 2.44. The molecule has 3 rings (SSSR count). The lowest BCUT2D eigenvalue weighted by Gasteiger charge is -2.34. The minimum atomic E-state index is -1.34. The molecule has 0 aliphatic heterocycles. The topological polar surface area (TPSA) is 89.4 Å². The van der Waals surface area contributed by atoms with Crippen LogP contribution in [0.4, 0.5) is 0 Å². The number of fused-ring (bicyclic) bond motifs is 1. The number of amides is 2. The lowest BCUT2D eigenvalue weighted by Crippen LogP contribution is -2.55. The predicted molar refractivity (Wildman–Crippen MR) is 138 cm³/mol. The van der Waals surface area contributed by atoms with Crippen molar-refractivity contribution in [3.05, 3.63) is 65.4 Å². The van der Waals surface area contributed by atoms with Crippen LogP contribution in [0.25, 0.3) is 10.9 Å². The molecule has 0 radical (unpaired) electrons. The fourth-order valence-corrected chi connectivity index (χ4v) is 4.90. The van der Waals surface area contributed by atoms with E-state index in [4.69, 9.17) is 4.74 Å². The van der Waals surface area contributed by atoms with Gasteiger partial charge < -0.3 is 15.4 Å². The summed E-state index contributed by atoms with van der Waals surface area (Å²) in [5, 5.41) is 6.44. The Kier molecular flexibility index (Phi) is 8.33. The average molecular weight is 478 g/mol. The third-order valence-corrected chi connectivity index (χ3v) is 6.47. The smallest absolute Gasteiger partial charge is 0.262 e. The SMILES string of the molecule is CCCCCCC(NC(C)=O)(C(=O)NC)c1c(C)n(C(=O)c2ccccc2)c2ccc(OC)cc12. The molecular weight excluding hydrogens is 442 g/mol. The van der Waals surface area contributed by atoms with Crippen LogP contribution in [-0.2, 0) is 15.1 Å². The van der Waals surface area contributed by atoms with Gasteiger partial charge in [0.1, 0.15) is 11.3 Å². The molecule has 0 aliphatic carbocycles. The lowest BCUT2D eigenvalue weighted by molar-refractivity contribution is -0.133. The number of unbranched alkanes of at least 4 members (excludes halogenated alkanes) is 3. The van der Waals surface area contributed by atoms with Gasteiger partial charge in [0.15, 0.2) is 0 Å². The van der Waals surface area contributed by atoms with Crippen molar-refractivity contribution in [3.63, 3.8) is 0 Å². The summed E-state index contributed by atoms with van der Waals surface area (Å²) >= 11 is 0. The number of likely N-dealkylation sites (N-methyl/N-ethyl adjacent to an activating group) is 1. The summed E-state index contributed by atoms with van der Waals surface area (Å²) in [5.74, 6) is -0.241. The van der Waals surface area contributed by atoms with Crippen LogP contribution in [-0.4, -0.2) is 36.4 Å². The third kappa shape index (κ3) is 5.09. The first-order chi connectivity index (χ1) is 16.8. The van der Waals surface area contributed by atoms with E-state index in [2.05, 4.69) is 17.6 Å². The van der Waals surface area contributed by atoms with Gasteiger partial charge in [-0.05, 0) is 43.7 Å². The summed E-state index contributed by atoms with van der Waals surface area (Å²) in [4.78, 5) is 39.7. The van der Waals surface area contributed by atoms with E-state index in [1.165, 1.54) is 6.92 Å². The molecular formula is C28H35N3O4. The first-order valence-electron chi connectivity index (χ1n) is 12.1. The maximum atomic E-state index is 13.7. The molecule has 0 aliphatic rings. The van der Waals surface area contributed by atoms with E-state index in [9.17, 15) is 14.4 Å². The standard InChI is InChI=1S/C28H35N3O4/c1-6-7-8-12-17-28(27(34)29-4,30-20(3)32)25-19(2)31(26(33)21-13-10-9-11-14-21)24-16-15-22(35-5)18-23(24)25/h9-11,13-16,18H,6-8,12,17H2,1-5H3,(H,29,34)(H,30,32). The summed E-state index contributed by atoms with van der Waals surface area (Å²) in [7, 11) is 3.14. The molecule has 0 bridgehead atoms. The van der Waals surface area contributed by atoms with Crippen molar-refractivity contribution in [1.82, 2.24) is 15.2 Å². The Morgan fingerprint density at radius 2 is 1.74 bits per heavy atom. The van der Waals surface area contributed by atoms with Gasteiger partial charge in [0.25, 0.3) is 5.91 Å². The molecule has 1 unspecified atom stereocenters. The number of hydrogen-bond acceptors (Lipinski definition) is 4. The van der Waals surface area contributed by atoms with Crippen LogP contribution in [0.5, 0.6) is 5.75 Å². The number of nitrogens with zero attached hydrogens (tertiary/aromatic N) is 1. The number of carbonyl (C=O) groups is 3. The maximum absolute atomic E-state index is 13.7. The largest absolute Gasteiger partial charge is 0.497 e. The van der Waals surface area contributed by atoms with Crippen LogP contribution in [0.3, 0.4) is 0 Å². The summed E-state index contributed by atoms with van der Waals surface area (Å²) < 4.78 is 7.11. The van der Waals surface area contributed by atoms with Crippen molar-refractivity contribution >= 4 is 28.6 Å². The van der Waals surface area contributed by atoms with Gasteiger partial charge in [-0.25, -0.2) is 0 Å². The second-order valence-electron chi connectivity index (χ2n) is 8.83. The van der Waals surface area contributed by atoms with E-state index >= 15 is 0 Å². The summed E-state index contributed by atoms with van der Waals surface area (Å²) in [6.45, 7) is 5.36.